The summed E-state index contributed by atoms with van der Waals surface area (Å²) in [6, 6.07) is 10.3. The van der Waals surface area contributed by atoms with Gasteiger partial charge < -0.3 is 21.7 Å². The first kappa shape index (κ1) is 24.5. The molecule has 184 valence electrons. The van der Waals surface area contributed by atoms with Gasteiger partial charge in [0.2, 0.25) is 18.6 Å². The van der Waals surface area contributed by atoms with E-state index in [9.17, 15) is 34.2 Å². The molecule has 0 saturated heterocycles. The minimum atomic E-state index is -1.38. The predicted molar refractivity (Wildman–Crippen MR) is 130 cm³/mol. The maximum Gasteiger partial charge on any atom is 0.320 e. The van der Waals surface area contributed by atoms with E-state index in [0.29, 0.717) is 34.6 Å². The van der Waals surface area contributed by atoms with E-state index in [-0.39, 0.29) is 35.4 Å². The third kappa shape index (κ3) is 3.96. The lowest BCUT2D eigenvalue weighted by molar-refractivity contribution is -0.139. The number of carboxylic acids is 2. The highest BCUT2D eigenvalue weighted by molar-refractivity contribution is 6.17. The summed E-state index contributed by atoms with van der Waals surface area (Å²) in [6.07, 6.45) is 0.288. The second-order valence-corrected chi connectivity index (χ2v) is 8.27. The van der Waals surface area contributed by atoms with Crippen LogP contribution >= 0.6 is 0 Å². The highest BCUT2D eigenvalue weighted by Crippen LogP contribution is 2.33. The van der Waals surface area contributed by atoms with Gasteiger partial charge in [0.1, 0.15) is 23.5 Å². The Morgan fingerprint density at radius 2 is 1.08 bits per heavy atom. The van der Waals surface area contributed by atoms with Gasteiger partial charge in [0.05, 0.1) is 11.0 Å². The molecule has 2 heterocycles. The molecule has 11 heteroatoms. The van der Waals surface area contributed by atoms with E-state index in [1.54, 1.807) is 48.5 Å². The van der Waals surface area contributed by atoms with Crippen molar-refractivity contribution in [2.24, 2.45) is 11.5 Å². The lowest BCUT2D eigenvalue weighted by Crippen LogP contribution is -2.33. The molecule has 4 aromatic rings. The number of carboxylic acid groups (broad SMARTS) is 2. The molecule has 0 aliphatic heterocycles. The van der Waals surface area contributed by atoms with Gasteiger partial charge in [-0.3, -0.25) is 33.1 Å². The number of carbonyl (C=O) groups excluding carboxylic acids is 3. The minimum absolute atomic E-state index is 0.168. The van der Waals surface area contributed by atoms with Crippen LogP contribution in [0.3, 0.4) is 0 Å². The number of aliphatic carboxylic acids is 2. The molecule has 0 fully saturated rings. The van der Waals surface area contributed by atoms with Crippen molar-refractivity contribution in [2.75, 3.05) is 0 Å². The molecule has 2 aromatic heterocycles. The summed E-state index contributed by atoms with van der Waals surface area (Å²) in [6.45, 7) is 0. The number of fused-ring (bicyclic) bond motifs is 2. The van der Waals surface area contributed by atoms with Gasteiger partial charge in [-0.1, -0.05) is 36.4 Å². The van der Waals surface area contributed by atoms with Gasteiger partial charge in [0.15, 0.2) is 0 Å². The number of ketones is 1. The summed E-state index contributed by atoms with van der Waals surface area (Å²) in [4.78, 5) is 61.5. The molecule has 6 N–H and O–H groups in total. The predicted octanol–water partition coefficient (Wildman–Crippen LogP) is 0.812. The van der Waals surface area contributed by atoms with Crippen molar-refractivity contribution in [3.8, 4) is 0 Å². The first-order valence-electron chi connectivity index (χ1n) is 10.9. The van der Waals surface area contributed by atoms with Gasteiger partial charge in [-0.25, -0.2) is 0 Å². The van der Waals surface area contributed by atoms with Crippen LogP contribution in [0.15, 0.2) is 48.5 Å². The summed E-state index contributed by atoms with van der Waals surface area (Å²) in [7, 11) is 0. The van der Waals surface area contributed by atoms with Gasteiger partial charge in [-0.05, 0) is 23.3 Å². The Morgan fingerprint density at radius 3 is 1.42 bits per heavy atom. The molecule has 0 aliphatic rings. The number of rotatable bonds is 10. The molecule has 0 unspecified atom stereocenters. The first-order chi connectivity index (χ1) is 17.2. The zero-order valence-corrected chi connectivity index (χ0v) is 18.8. The third-order valence-electron chi connectivity index (χ3n) is 6.15. The number of carbonyl (C=O) groups is 5. The number of benzene rings is 2. The second kappa shape index (κ2) is 9.56. The van der Waals surface area contributed by atoms with E-state index in [2.05, 4.69) is 0 Å². The van der Waals surface area contributed by atoms with Crippen LogP contribution in [0.4, 0.5) is 0 Å². The van der Waals surface area contributed by atoms with Crippen LogP contribution in [-0.4, -0.2) is 62.0 Å². The Morgan fingerprint density at radius 1 is 0.722 bits per heavy atom. The van der Waals surface area contributed by atoms with E-state index >= 15 is 0 Å². The molecule has 0 amide bonds. The monoisotopic (exact) mass is 490 g/mol. The molecule has 0 radical (unpaired) electrons. The first-order valence-corrected chi connectivity index (χ1v) is 10.9. The fourth-order valence-electron chi connectivity index (χ4n) is 4.52. The van der Waals surface area contributed by atoms with Gasteiger partial charge in [0, 0.05) is 23.6 Å². The lowest BCUT2D eigenvalue weighted by Gasteiger charge is -2.12. The van der Waals surface area contributed by atoms with Crippen LogP contribution in [0.5, 0.6) is 0 Å². The molecule has 0 aliphatic carbocycles. The van der Waals surface area contributed by atoms with Crippen LogP contribution < -0.4 is 11.5 Å². The number of aromatic nitrogens is 2. The summed E-state index contributed by atoms with van der Waals surface area (Å²) in [5.74, 6) is -3.38. The highest BCUT2D eigenvalue weighted by Gasteiger charge is 2.32. The quantitative estimate of drug-likeness (QED) is 0.184. The number of nitrogens with zero attached hydrogens (tertiary/aromatic N) is 2. The molecular weight excluding hydrogens is 468 g/mol. The van der Waals surface area contributed by atoms with Crippen LogP contribution in [0.2, 0.25) is 0 Å². The molecule has 0 bridgehead atoms. The Balaban J connectivity index is 2.06. The van der Waals surface area contributed by atoms with Crippen molar-refractivity contribution in [1.29, 1.82) is 0 Å². The van der Waals surface area contributed by atoms with E-state index in [4.69, 9.17) is 11.5 Å². The molecular formula is C25H22N4O7. The summed E-state index contributed by atoms with van der Waals surface area (Å²) >= 11 is 0. The van der Waals surface area contributed by atoms with E-state index < -0.39 is 29.8 Å². The fraction of sp³-hybridized carbons (Fsp3) is 0.160. The number of hydrogen-bond donors (Lipinski definition) is 4. The number of para-hydroxylation sites is 2. The zero-order chi connectivity index (χ0) is 26.1. The normalized spacial score (nSPS) is 12.9. The molecule has 2 atom stereocenters. The smallest absolute Gasteiger partial charge is 0.320 e. The van der Waals surface area contributed by atoms with Gasteiger partial charge in [-0.15, -0.1) is 0 Å². The molecule has 4 rings (SSSR count). The second-order valence-electron chi connectivity index (χ2n) is 8.27. The van der Waals surface area contributed by atoms with Gasteiger partial charge in [0.25, 0.3) is 0 Å². The van der Waals surface area contributed by atoms with Crippen LogP contribution in [-0.2, 0) is 32.0 Å². The summed E-state index contributed by atoms with van der Waals surface area (Å²) in [5.41, 5.74) is 12.4. The summed E-state index contributed by atoms with van der Waals surface area (Å²) in [5, 5.41) is 19.7. The van der Waals surface area contributed by atoms with Gasteiger partial charge in [-0.2, -0.15) is 0 Å². The SMILES string of the molecule is N[C@@H](Cc1c(C(=O)c2c(C[C@H](N)C(=O)O)c3ccccc3n2C=O)n(C=O)c2ccccc12)C(=O)O. The molecule has 0 spiro atoms. The number of hydrogen-bond acceptors (Lipinski definition) is 7. The third-order valence-corrected chi connectivity index (χ3v) is 6.15. The topological polar surface area (TPSA) is 188 Å². The molecule has 2 aromatic carbocycles. The van der Waals surface area contributed by atoms with Crippen molar-refractivity contribution < 1.29 is 34.2 Å². The Labute approximate surface area is 203 Å². The lowest BCUT2D eigenvalue weighted by atomic mass is 9.96. The summed E-state index contributed by atoms with van der Waals surface area (Å²) < 4.78 is 2.16. The average molecular weight is 490 g/mol. The maximum absolute atomic E-state index is 14.2. The van der Waals surface area contributed by atoms with Crippen molar-refractivity contribution >= 4 is 52.3 Å². The van der Waals surface area contributed by atoms with Crippen LogP contribution in [0.25, 0.3) is 21.8 Å². The van der Waals surface area contributed by atoms with E-state index in [0.717, 1.165) is 9.13 Å². The standard InChI is InChI=1S/C25H22N4O7/c26-17(24(33)34)9-15-13-5-1-3-7-19(13)28(11-30)21(15)23(32)22-16(10-18(27)25(35)36)14-6-2-4-8-20(14)29(22)12-31/h1-8,11-12,17-18H,9-10,26-27H2,(H,33,34)(H,35,36)/t17-,18-/m0/s1. The van der Waals surface area contributed by atoms with Crippen LogP contribution in [0, 0.1) is 0 Å². The van der Waals surface area contributed by atoms with Crippen molar-refractivity contribution in [3.05, 3.63) is 71.0 Å². The Kier molecular flexibility index (Phi) is 6.51. The van der Waals surface area contributed by atoms with E-state index in [1.807, 2.05) is 0 Å². The van der Waals surface area contributed by atoms with E-state index in [1.165, 1.54) is 0 Å². The Bertz CT molecular complexity index is 1440. The van der Waals surface area contributed by atoms with Crippen molar-refractivity contribution in [1.82, 2.24) is 9.13 Å². The molecule has 0 saturated carbocycles. The van der Waals surface area contributed by atoms with Crippen molar-refractivity contribution in [3.63, 3.8) is 0 Å². The van der Waals surface area contributed by atoms with Gasteiger partial charge >= 0.3 is 11.9 Å². The molecule has 11 nitrogen and oxygen atoms in total. The highest BCUT2D eigenvalue weighted by atomic mass is 16.4. The maximum atomic E-state index is 14.2. The molecule has 36 heavy (non-hydrogen) atoms. The zero-order valence-electron chi connectivity index (χ0n) is 18.8. The van der Waals surface area contributed by atoms with Crippen LogP contribution in [0.1, 0.15) is 27.3 Å². The average Bonchev–Trinajstić information content (AvgIpc) is 3.35. The largest absolute Gasteiger partial charge is 0.480 e. The minimum Gasteiger partial charge on any atom is -0.480 e. The Hall–Kier alpha value is -4.61. The number of nitrogens with two attached hydrogens (primary N) is 2. The fourth-order valence-corrected chi connectivity index (χ4v) is 4.52. The van der Waals surface area contributed by atoms with Crippen molar-refractivity contribution in [2.45, 2.75) is 24.9 Å².